The van der Waals surface area contributed by atoms with E-state index in [0.717, 1.165) is 49.7 Å². The number of hydrogen-bond donors (Lipinski definition) is 0. The third-order valence-corrected chi connectivity index (χ3v) is 7.66. The molecular weight excluding hydrogens is 394 g/mol. The number of hydrogen-bond acceptors (Lipinski definition) is 3. The van der Waals surface area contributed by atoms with Crippen LogP contribution in [0.4, 0.5) is 0 Å². The normalized spacial score (nSPS) is 19.2. The van der Waals surface area contributed by atoms with Crippen LogP contribution in [0.25, 0.3) is 16.5 Å². The SMILES string of the molecule is CC(CCN1C=C(c2cccc3ccoc23)CC1)(C(=O)C1CCCCC1)c1ccccc1. The molecule has 1 atom stereocenters. The van der Waals surface area contributed by atoms with Crippen LogP contribution in [0.1, 0.15) is 63.0 Å². The summed E-state index contributed by atoms with van der Waals surface area (Å²) in [5.74, 6) is 0.669. The first-order chi connectivity index (χ1) is 15.6. The van der Waals surface area contributed by atoms with Gasteiger partial charge in [0.05, 0.1) is 11.7 Å². The van der Waals surface area contributed by atoms with Crippen molar-refractivity contribution < 1.29 is 9.21 Å². The van der Waals surface area contributed by atoms with Crippen molar-refractivity contribution >= 4 is 22.3 Å². The predicted octanol–water partition coefficient (Wildman–Crippen LogP) is 6.98. The summed E-state index contributed by atoms with van der Waals surface area (Å²) >= 11 is 0. The molecule has 1 fully saturated rings. The fourth-order valence-electron chi connectivity index (χ4n) is 5.64. The average Bonchev–Trinajstić information content (AvgIpc) is 3.53. The first-order valence-electron chi connectivity index (χ1n) is 12.2. The highest BCUT2D eigenvalue weighted by molar-refractivity contribution is 5.92. The van der Waals surface area contributed by atoms with Gasteiger partial charge in [-0.1, -0.05) is 67.8 Å². The molecule has 2 heterocycles. The number of furan rings is 1. The third kappa shape index (κ3) is 4.01. The quantitative estimate of drug-likeness (QED) is 0.408. The van der Waals surface area contributed by atoms with Crippen molar-refractivity contribution in [3.63, 3.8) is 0 Å². The summed E-state index contributed by atoms with van der Waals surface area (Å²) in [5.41, 5.74) is 4.23. The van der Waals surface area contributed by atoms with Gasteiger partial charge in [0.1, 0.15) is 11.4 Å². The highest BCUT2D eigenvalue weighted by Gasteiger charge is 2.39. The van der Waals surface area contributed by atoms with Crippen molar-refractivity contribution in [2.45, 2.75) is 57.3 Å². The lowest BCUT2D eigenvalue weighted by Gasteiger charge is -2.35. The molecule has 0 amide bonds. The van der Waals surface area contributed by atoms with Crippen LogP contribution in [0.3, 0.4) is 0 Å². The molecule has 0 spiro atoms. The summed E-state index contributed by atoms with van der Waals surface area (Å²) in [6.07, 6.45) is 11.7. The van der Waals surface area contributed by atoms with Crippen molar-refractivity contribution in [3.05, 3.63) is 78.2 Å². The first-order valence-corrected chi connectivity index (χ1v) is 12.2. The summed E-state index contributed by atoms with van der Waals surface area (Å²) < 4.78 is 5.76. The van der Waals surface area contributed by atoms with Crippen LogP contribution in [0, 0.1) is 5.92 Å². The van der Waals surface area contributed by atoms with Gasteiger partial charge in [-0.2, -0.15) is 0 Å². The zero-order valence-corrected chi connectivity index (χ0v) is 19.1. The molecule has 1 saturated carbocycles. The molecule has 0 bridgehead atoms. The molecule has 0 N–H and O–H groups in total. The van der Waals surface area contributed by atoms with Crippen LogP contribution >= 0.6 is 0 Å². The van der Waals surface area contributed by atoms with E-state index in [1.807, 2.05) is 12.1 Å². The fraction of sp³-hybridized carbons (Fsp3) is 0.414. The standard InChI is InChI=1S/C29H33NO2/c1-29(25-12-6-3-7-13-25,28(31)23-9-4-2-5-10-23)17-19-30-18-15-24(21-30)26-14-8-11-22-16-20-32-27(22)26/h3,6-8,11-14,16,20-21,23H,2,4-5,9-10,15,17-19H2,1H3. The Morgan fingerprint density at radius 2 is 1.84 bits per heavy atom. The van der Waals surface area contributed by atoms with E-state index in [1.165, 1.54) is 36.0 Å². The summed E-state index contributed by atoms with van der Waals surface area (Å²) in [5, 5.41) is 1.15. The number of fused-ring (bicyclic) bond motifs is 1. The maximum absolute atomic E-state index is 13.8. The number of nitrogens with zero attached hydrogens (tertiary/aromatic N) is 1. The van der Waals surface area contributed by atoms with Crippen molar-refractivity contribution in [1.29, 1.82) is 0 Å². The second kappa shape index (κ2) is 8.97. The number of ketones is 1. The lowest BCUT2D eigenvalue weighted by molar-refractivity contribution is -0.129. The Bertz CT molecular complexity index is 1110. The van der Waals surface area contributed by atoms with Gasteiger partial charge in [0.2, 0.25) is 0 Å². The molecule has 32 heavy (non-hydrogen) atoms. The molecule has 0 radical (unpaired) electrons. The molecule has 2 aliphatic rings. The molecule has 0 saturated heterocycles. The van der Waals surface area contributed by atoms with Crippen LogP contribution in [-0.2, 0) is 10.2 Å². The second-order valence-electron chi connectivity index (χ2n) is 9.73. The van der Waals surface area contributed by atoms with Gasteiger partial charge in [-0.15, -0.1) is 0 Å². The van der Waals surface area contributed by atoms with Crippen molar-refractivity contribution in [2.75, 3.05) is 13.1 Å². The van der Waals surface area contributed by atoms with E-state index in [1.54, 1.807) is 6.26 Å². The largest absolute Gasteiger partial charge is 0.464 e. The van der Waals surface area contributed by atoms with Crippen LogP contribution in [0.2, 0.25) is 0 Å². The van der Waals surface area contributed by atoms with Crippen molar-refractivity contribution in [3.8, 4) is 0 Å². The highest BCUT2D eigenvalue weighted by Crippen LogP contribution is 2.38. The monoisotopic (exact) mass is 427 g/mol. The number of carbonyl (C=O) groups is 1. The zero-order chi connectivity index (χ0) is 22.0. The number of benzene rings is 2. The molecule has 3 aromatic rings. The average molecular weight is 428 g/mol. The molecule has 1 unspecified atom stereocenters. The van der Waals surface area contributed by atoms with Gasteiger partial charge in [-0.05, 0) is 49.8 Å². The predicted molar refractivity (Wildman–Crippen MR) is 130 cm³/mol. The zero-order valence-electron chi connectivity index (χ0n) is 19.1. The van der Waals surface area contributed by atoms with Crippen LogP contribution in [0.5, 0.6) is 0 Å². The molecule has 166 valence electrons. The Morgan fingerprint density at radius 3 is 2.66 bits per heavy atom. The Kier molecular flexibility index (Phi) is 5.91. The van der Waals surface area contributed by atoms with E-state index in [-0.39, 0.29) is 5.92 Å². The summed E-state index contributed by atoms with van der Waals surface area (Å²) in [4.78, 5) is 16.2. The Morgan fingerprint density at radius 1 is 1.03 bits per heavy atom. The van der Waals surface area contributed by atoms with Crippen molar-refractivity contribution in [1.82, 2.24) is 4.90 Å². The highest BCUT2D eigenvalue weighted by atomic mass is 16.3. The van der Waals surface area contributed by atoms with Crippen LogP contribution < -0.4 is 0 Å². The minimum Gasteiger partial charge on any atom is -0.464 e. The van der Waals surface area contributed by atoms with Gasteiger partial charge in [-0.25, -0.2) is 0 Å². The van der Waals surface area contributed by atoms with Crippen LogP contribution in [-0.4, -0.2) is 23.8 Å². The van der Waals surface area contributed by atoms with E-state index >= 15 is 0 Å². The Labute approximate surface area is 191 Å². The molecule has 3 nitrogen and oxygen atoms in total. The Hall–Kier alpha value is -2.81. The minimum atomic E-state index is -0.430. The fourth-order valence-corrected chi connectivity index (χ4v) is 5.64. The van der Waals surface area contributed by atoms with Crippen molar-refractivity contribution in [2.24, 2.45) is 5.92 Å². The lowest BCUT2D eigenvalue weighted by Crippen LogP contribution is -2.40. The van der Waals surface area contributed by atoms with E-state index in [9.17, 15) is 4.79 Å². The third-order valence-electron chi connectivity index (χ3n) is 7.66. The number of Topliss-reactive ketones (excluding diaryl/α,β-unsaturated/α-hetero) is 1. The molecule has 1 aliphatic carbocycles. The molecule has 5 rings (SSSR count). The molecule has 1 aromatic heterocycles. The number of carbonyl (C=O) groups excluding carboxylic acids is 1. The topological polar surface area (TPSA) is 33.5 Å². The van der Waals surface area contributed by atoms with Gasteiger partial charge >= 0.3 is 0 Å². The molecule has 2 aromatic carbocycles. The maximum atomic E-state index is 13.8. The summed E-state index contributed by atoms with van der Waals surface area (Å²) in [6, 6.07) is 18.8. The minimum absolute atomic E-state index is 0.218. The van der Waals surface area contributed by atoms with E-state index in [0.29, 0.717) is 5.78 Å². The van der Waals surface area contributed by atoms with Gasteiger partial charge in [-0.3, -0.25) is 4.79 Å². The summed E-state index contributed by atoms with van der Waals surface area (Å²) in [6.45, 7) is 4.07. The lowest BCUT2D eigenvalue weighted by atomic mass is 9.69. The van der Waals surface area contributed by atoms with Gasteiger partial charge < -0.3 is 9.32 Å². The second-order valence-corrected chi connectivity index (χ2v) is 9.73. The number of rotatable bonds is 7. The summed E-state index contributed by atoms with van der Waals surface area (Å²) in [7, 11) is 0. The van der Waals surface area contributed by atoms with E-state index in [2.05, 4.69) is 60.5 Å². The van der Waals surface area contributed by atoms with E-state index < -0.39 is 5.41 Å². The van der Waals surface area contributed by atoms with Crippen LogP contribution in [0.15, 0.2) is 71.5 Å². The van der Waals surface area contributed by atoms with E-state index in [4.69, 9.17) is 4.42 Å². The maximum Gasteiger partial charge on any atom is 0.146 e. The first kappa shape index (κ1) is 21.1. The Balaban J connectivity index is 1.36. The number of para-hydroxylation sites is 1. The smallest absolute Gasteiger partial charge is 0.146 e. The molecule has 3 heteroatoms. The van der Waals surface area contributed by atoms with Gasteiger partial charge in [0, 0.05) is 36.2 Å². The van der Waals surface area contributed by atoms with Gasteiger partial charge in [0.15, 0.2) is 0 Å². The molecular formula is C29H33NO2. The molecule has 1 aliphatic heterocycles. The van der Waals surface area contributed by atoms with Gasteiger partial charge in [0.25, 0.3) is 0 Å².